The molecule has 25 heavy (non-hydrogen) atoms. The van der Waals surface area contributed by atoms with Crippen molar-refractivity contribution in [3.8, 4) is 0 Å². The van der Waals surface area contributed by atoms with Crippen LogP contribution in [0, 0.1) is 0 Å². The average molecular weight is 470 g/mol. The van der Waals surface area contributed by atoms with E-state index >= 15 is 0 Å². The number of hydrogen-bond acceptors (Lipinski definition) is 4. The maximum atomic E-state index is 5.80. The third-order valence-corrected chi connectivity index (χ3v) is 4.91. The monoisotopic (exact) mass is 470 g/mol. The zero-order valence-electron chi connectivity index (χ0n) is 14.4. The van der Waals surface area contributed by atoms with E-state index in [4.69, 9.17) is 4.42 Å². The molecule has 5 nitrogen and oxygen atoms in total. The van der Waals surface area contributed by atoms with Gasteiger partial charge in [0, 0.05) is 36.5 Å². The van der Waals surface area contributed by atoms with E-state index in [1.165, 1.54) is 4.88 Å². The normalized spacial score (nSPS) is 11.4. The van der Waals surface area contributed by atoms with E-state index in [0.29, 0.717) is 6.54 Å². The van der Waals surface area contributed by atoms with Gasteiger partial charge in [0.05, 0.1) is 11.6 Å². The summed E-state index contributed by atoms with van der Waals surface area (Å²) in [5.41, 5.74) is 0.910. The number of benzene rings is 1. The van der Waals surface area contributed by atoms with Crippen LogP contribution in [0.3, 0.4) is 0 Å². The van der Waals surface area contributed by atoms with E-state index in [2.05, 4.69) is 33.6 Å². The molecule has 1 aromatic carbocycles. The van der Waals surface area contributed by atoms with Gasteiger partial charge in [-0.15, -0.1) is 35.3 Å². The maximum Gasteiger partial charge on any atom is 0.191 e. The minimum absolute atomic E-state index is 0. The lowest BCUT2D eigenvalue weighted by atomic mass is 10.2. The third-order valence-electron chi connectivity index (χ3n) is 3.71. The molecule has 0 aliphatic heterocycles. The maximum absolute atomic E-state index is 5.80. The van der Waals surface area contributed by atoms with Gasteiger partial charge in [-0.3, -0.25) is 4.99 Å². The van der Waals surface area contributed by atoms with E-state index in [1.54, 1.807) is 18.4 Å². The summed E-state index contributed by atoms with van der Waals surface area (Å²) in [6.07, 6.45) is 3.91. The highest BCUT2D eigenvalue weighted by molar-refractivity contribution is 14.0. The van der Waals surface area contributed by atoms with E-state index in [1.807, 2.05) is 30.5 Å². The first kappa shape index (κ1) is 19.7. The largest absolute Gasteiger partial charge is 0.459 e. The first-order valence-corrected chi connectivity index (χ1v) is 8.95. The van der Waals surface area contributed by atoms with Crippen molar-refractivity contribution >= 4 is 52.2 Å². The molecule has 0 saturated carbocycles. The molecule has 0 amide bonds. The second kappa shape index (κ2) is 9.76. The minimum atomic E-state index is 0. The number of para-hydroxylation sites is 1. The zero-order valence-corrected chi connectivity index (χ0v) is 17.6. The van der Waals surface area contributed by atoms with E-state index in [-0.39, 0.29) is 24.0 Å². The summed E-state index contributed by atoms with van der Waals surface area (Å²) in [6.45, 7) is 3.56. The number of rotatable bonds is 6. The summed E-state index contributed by atoms with van der Waals surface area (Å²) in [6, 6.07) is 10.1. The van der Waals surface area contributed by atoms with Gasteiger partial charge < -0.3 is 15.1 Å². The highest BCUT2D eigenvalue weighted by Crippen LogP contribution is 2.18. The van der Waals surface area contributed by atoms with Gasteiger partial charge in [-0.2, -0.15) is 0 Å². The van der Waals surface area contributed by atoms with E-state index < -0.39 is 0 Å². The number of furan rings is 1. The zero-order chi connectivity index (χ0) is 16.8. The lowest BCUT2D eigenvalue weighted by Gasteiger charge is -2.10. The van der Waals surface area contributed by atoms with Crippen molar-refractivity contribution in [2.24, 2.45) is 4.99 Å². The minimum Gasteiger partial charge on any atom is -0.459 e. The summed E-state index contributed by atoms with van der Waals surface area (Å²) in [5, 5.41) is 8.87. The molecule has 0 bridgehead atoms. The highest BCUT2D eigenvalue weighted by atomic mass is 127. The fraction of sp³-hybridized carbons (Fsp3) is 0.333. The van der Waals surface area contributed by atoms with Crippen molar-refractivity contribution in [3.05, 3.63) is 52.2 Å². The fourth-order valence-electron chi connectivity index (χ4n) is 2.43. The molecule has 0 aliphatic carbocycles. The Labute approximate surface area is 169 Å². The van der Waals surface area contributed by atoms with Crippen LogP contribution in [0.4, 0.5) is 0 Å². The number of aromatic nitrogens is 1. The number of thiazole rings is 1. The van der Waals surface area contributed by atoms with E-state index in [0.717, 1.165) is 47.1 Å². The molecule has 3 rings (SSSR count). The van der Waals surface area contributed by atoms with Gasteiger partial charge in [-0.25, -0.2) is 4.98 Å². The van der Waals surface area contributed by atoms with Crippen LogP contribution in [0.1, 0.15) is 22.6 Å². The predicted octanol–water partition coefficient (Wildman–Crippen LogP) is 3.98. The number of nitrogens with zero attached hydrogens (tertiary/aromatic N) is 2. The molecule has 3 aromatic rings. The van der Waals surface area contributed by atoms with Gasteiger partial charge in [0.2, 0.25) is 0 Å². The number of nitrogens with one attached hydrogen (secondary N) is 2. The number of fused-ring (bicyclic) bond motifs is 1. The molecule has 0 unspecified atom stereocenters. The van der Waals surface area contributed by atoms with Crippen molar-refractivity contribution in [2.45, 2.75) is 26.3 Å². The van der Waals surface area contributed by atoms with Crippen molar-refractivity contribution < 1.29 is 4.42 Å². The molecule has 0 spiro atoms. The first-order valence-electron chi connectivity index (χ1n) is 8.14. The molecule has 2 aromatic heterocycles. The van der Waals surface area contributed by atoms with Crippen LogP contribution in [-0.4, -0.2) is 24.5 Å². The number of aryl methyl sites for hydroxylation is 1. The van der Waals surface area contributed by atoms with Crippen LogP contribution >= 0.6 is 35.3 Å². The van der Waals surface area contributed by atoms with Crippen LogP contribution < -0.4 is 10.6 Å². The van der Waals surface area contributed by atoms with Gasteiger partial charge in [-0.05, 0) is 18.6 Å². The second-order valence-corrected chi connectivity index (χ2v) is 6.63. The van der Waals surface area contributed by atoms with E-state index in [9.17, 15) is 0 Å². The first-order chi connectivity index (χ1) is 11.8. The third kappa shape index (κ3) is 5.43. The SMILES string of the molecule is CCc1cnc(CCNC(=NC)NCc2cc3ccccc3o2)s1.I. The lowest BCUT2D eigenvalue weighted by molar-refractivity contribution is 0.538. The van der Waals surface area contributed by atoms with Crippen LogP contribution in [0.2, 0.25) is 0 Å². The summed E-state index contributed by atoms with van der Waals surface area (Å²) < 4.78 is 5.80. The van der Waals surface area contributed by atoms with Gasteiger partial charge >= 0.3 is 0 Å². The van der Waals surface area contributed by atoms with Crippen LogP contribution in [-0.2, 0) is 19.4 Å². The predicted molar refractivity (Wildman–Crippen MR) is 115 cm³/mol. The molecule has 0 atom stereocenters. The summed E-state index contributed by atoms with van der Waals surface area (Å²) >= 11 is 1.78. The Bertz CT molecular complexity index is 794. The molecule has 0 saturated heterocycles. The number of hydrogen-bond donors (Lipinski definition) is 2. The van der Waals surface area contributed by atoms with Crippen molar-refractivity contribution in [2.75, 3.05) is 13.6 Å². The quantitative estimate of drug-likeness (QED) is 0.325. The molecule has 2 N–H and O–H groups in total. The molecule has 2 heterocycles. The average Bonchev–Trinajstić information content (AvgIpc) is 3.23. The summed E-state index contributed by atoms with van der Waals surface area (Å²) in [7, 11) is 1.77. The molecule has 0 fully saturated rings. The number of aliphatic imine (C=N–C) groups is 1. The van der Waals surface area contributed by atoms with Gasteiger partial charge in [-0.1, -0.05) is 25.1 Å². The molecular formula is C18H23IN4OS. The summed E-state index contributed by atoms with van der Waals surface area (Å²) in [4.78, 5) is 10.0. The molecule has 0 aliphatic rings. The lowest BCUT2D eigenvalue weighted by Crippen LogP contribution is -2.37. The smallest absolute Gasteiger partial charge is 0.191 e. The molecule has 7 heteroatoms. The molecule has 0 radical (unpaired) electrons. The van der Waals surface area contributed by atoms with Crippen LogP contribution in [0.25, 0.3) is 11.0 Å². The number of guanidine groups is 1. The summed E-state index contributed by atoms with van der Waals surface area (Å²) in [5.74, 6) is 1.66. The Morgan fingerprint density at radius 3 is 2.84 bits per heavy atom. The van der Waals surface area contributed by atoms with Crippen molar-refractivity contribution in [3.63, 3.8) is 0 Å². The van der Waals surface area contributed by atoms with Crippen molar-refractivity contribution in [1.29, 1.82) is 0 Å². The van der Waals surface area contributed by atoms with Gasteiger partial charge in [0.15, 0.2) is 5.96 Å². The van der Waals surface area contributed by atoms with Crippen LogP contribution in [0.15, 0.2) is 45.9 Å². The highest BCUT2D eigenvalue weighted by Gasteiger charge is 2.05. The topological polar surface area (TPSA) is 62.5 Å². The Kier molecular flexibility index (Phi) is 7.70. The fourth-order valence-corrected chi connectivity index (χ4v) is 3.29. The van der Waals surface area contributed by atoms with Crippen molar-refractivity contribution in [1.82, 2.24) is 15.6 Å². The number of halogens is 1. The Hall–Kier alpha value is -1.61. The Balaban J connectivity index is 0.00000225. The molecule has 134 valence electrons. The van der Waals surface area contributed by atoms with Gasteiger partial charge in [0.1, 0.15) is 11.3 Å². The Morgan fingerprint density at radius 1 is 1.28 bits per heavy atom. The van der Waals surface area contributed by atoms with Crippen LogP contribution in [0.5, 0.6) is 0 Å². The Morgan fingerprint density at radius 2 is 2.12 bits per heavy atom. The standard InChI is InChI=1S/C18H22N4OS.HI/c1-3-15-12-21-17(24-15)8-9-20-18(19-2)22-11-14-10-13-6-4-5-7-16(13)23-14;/h4-7,10,12H,3,8-9,11H2,1-2H3,(H2,19,20,22);1H. The molecular weight excluding hydrogens is 447 g/mol. The second-order valence-electron chi connectivity index (χ2n) is 5.43. The van der Waals surface area contributed by atoms with Gasteiger partial charge in [0.25, 0.3) is 0 Å².